The zero-order valence-corrected chi connectivity index (χ0v) is 18.5. The summed E-state index contributed by atoms with van der Waals surface area (Å²) in [5, 5.41) is 14.0. The Bertz CT molecular complexity index is 851. The topological polar surface area (TPSA) is 65.2 Å². The van der Waals surface area contributed by atoms with E-state index >= 15 is 0 Å². The van der Waals surface area contributed by atoms with Gasteiger partial charge in [0, 0.05) is 36.8 Å². The second-order valence-electron chi connectivity index (χ2n) is 7.53. The van der Waals surface area contributed by atoms with E-state index in [1.54, 1.807) is 0 Å². The largest absolute Gasteiger partial charge is 0.337 e. The first-order valence-corrected chi connectivity index (χ1v) is 10.3. The van der Waals surface area contributed by atoms with Gasteiger partial charge in [0.25, 0.3) is 0 Å². The van der Waals surface area contributed by atoms with Crippen LogP contribution in [0.2, 0.25) is 5.02 Å². The average molecular weight is 416 g/mol. The van der Waals surface area contributed by atoms with Gasteiger partial charge in [-0.05, 0) is 57.6 Å². The summed E-state index contributed by atoms with van der Waals surface area (Å²) in [7, 11) is 4.01. The Morgan fingerprint density at radius 1 is 1.21 bits per heavy atom. The summed E-state index contributed by atoms with van der Waals surface area (Å²) in [6.07, 6.45) is 1.52. The summed E-state index contributed by atoms with van der Waals surface area (Å²) in [6.45, 7) is 6.62. The summed E-state index contributed by atoms with van der Waals surface area (Å²) >= 11 is 5.98. The Balaban J connectivity index is 2.06. The van der Waals surface area contributed by atoms with Crippen molar-refractivity contribution < 1.29 is 4.79 Å². The number of carbonyl (C=O) groups is 1. The molecular formula is C22H30ClN5O. The average Bonchev–Trinajstić information content (AvgIpc) is 2.95. The lowest BCUT2D eigenvalue weighted by Gasteiger charge is -2.25. The van der Waals surface area contributed by atoms with Crippen LogP contribution in [0.5, 0.6) is 0 Å². The van der Waals surface area contributed by atoms with Crippen molar-refractivity contribution in [3.8, 4) is 6.07 Å². The van der Waals surface area contributed by atoms with Gasteiger partial charge in [0.1, 0.15) is 0 Å². The molecule has 6 nitrogen and oxygen atoms in total. The van der Waals surface area contributed by atoms with Crippen molar-refractivity contribution in [1.29, 1.82) is 5.26 Å². The van der Waals surface area contributed by atoms with Crippen LogP contribution in [0.15, 0.2) is 24.3 Å². The molecule has 2 rings (SSSR count). The molecule has 1 aromatic heterocycles. The molecule has 0 N–H and O–H groups in total. The number of nitriles is 1. The highest BCUT2D eigenvalue weighted by Gasteiger charge is 2.17. The van der Waals surface area contributed by atoms with Crippen molar-refractivity contribution in [1.82, 2.24) is 19.6 Å². The third-order valence-corrected chi connectivity index (χ3v) is 5.26. The molecule has 0 spiro atoms. The van der Waals surface area contributed by atoms with E-state index in [1.165, 1.54) is 0 Å². The molecule has 0 aliphatic heterocycles. The van der Waals surface area contributed by atoms with E-state index in [1.807, 2.05) is 61.8 Å². The molecule has 0 atom stereocenters. The Labute approximate surface area is 178 Å². The smallest absolute Gasteiger partial charge is 0.223 e. The van der Waals surface area contributed by atoms with Crippen LogP contribution >= 0.6 is 11.6 Å². The fourth-order valence-electron chi connectivity index (χ4n) is 3.28. The van der Waals surface area contributed by atoms with E-state index in [0.717, 1.165) is 29.1 Å². The van der Waals surface area contributed by atoms with Gasteiger partial charge in [0.15, 0.2) is 0 Å². The number of hydrogen-bond acceptors (Lipinski definition) is 4. The number of amides is 1. The number of rotatable bonds is 10. The quantitative estimate of drug-likeness (QED) is 0.594. The lowest BCUT2D eigenvalue weighted by Crippen LogP contribution is -2.36. The number of nitrogens with zero attached hydrogens (tertiary/aromatic N) is 5. The molecule has 0 aliphatic carbocycles. The highest BCUT2D eigenvalue weighted by Crippen LogP contribution is 2.17. The summed E-state index contributed by atoms with van der Waals surface area (Å²) < 4.78 is 1.87. The second kappa shape index (κ2) is 11.0. The first kappa shape index (κ1) is 22.9. The van der Waals surface area contributed by atoms with Crippen LogP contribution in [0.25, 0.3) is 0 Å². The van der Waals surface area contributed by atoms with Crippen LogP contribution in [-0.4, -0.2) is 52.7 Å². The Morgan fingerprint density at radius 3 is 2.52 bits per heavy atom. The summed E-state index contributed by atoms with van der Waals surface area (Å²) in [6, 6.07) is 9.79. The molecule has 1 heterocycles. The van der Waals surface area contributed by atoms with Gasteiger partial charge in [-0.2, -0.15) is 10.4 Å². The van der Waals surface area contributed by atoms with Gasteiger partial charge in [0.05, 0.1) is 24.7 Å². The van der Waals surface area contributed by atoms with E-state index in [4.69, 9.17) is 16.9 Å². The second-order valence-corrected chi connectivity index (χ2v) is 7.96. The minimum absolute atomic E-state index is 0.130. The van der Waals surface area contributed by atoms with Crippen molar-refractivity contribution in [2.75, 3.05) is 27.2 Å². The highest BCUT2D eigenvalue weighted by molar-refractivity contribution is 6.30. The zero-order chi connectivity index (χ0) is 21.4. The summed E-state index contributed by atoms with van der Waals surface area (Å²) in [5.41, 5.74) is 4.16. The molecule has 0 bridgehead atoms. The molecular weight excluding hydrogens is 386 g/mol. The first-order chi connectivity index (χ1) is 13.8. The third-order valence-electron chi connectivity index (χ3n) is 5.01. The van der Waals surface area contributed by atoms with E-state index < -0.39 is 0 Å². The lowest BCUT2D eigenvalue weighted by molar-refractivity contribution is -0.131. The minimum atomic E-state index is 0.130. The first-order valence-electron chi connectivity index (χ1n) is 9.88. The maximum atomic E-state index is 13.0. The van der Waals surface area contributed by atoms with Crippen LogP contribution in [-0.2, 0) is 24.3 Å². The van der Waals surface area contributed by atoms with E-state index in [-0.39, 0.29) is 5.91 Å². The molecule has 29 heavy (non-hydrogen) atoms. The lowest BCUT2D eigenvalue weighted by atomic mass is 10.1. The van der Waals surface area contributed by atoms with Gasteiger partial charge in [-0.3, -0.25) is 9.48 Å². The van der Waals surface area contributed by atoms with Gasteiger partial charge in [-0.1, -0.05) is 23.7 Å². The van der Waals surface area contributed by atoms with Gasteiger partial charge < -0.3 is 9.80 Å². The van der Waals surface area contributed by atoms with Crippen LogP contribution in [0, 0.1) is 25.2 Å². The number of halogens is 1. The summed E-state index contributed by atoms with van der Waals surface area (Å²) in [4.78, 5) is 17.0. The Morgan fingerprint density at radius 2 is 1.90 bits per heavy atom. The van der Waals surface area contributed by atoms with Gasteiger partial charge in [-0.25, -0.2) is 0 Å². The number of carbonyl (C=O) groups excluding carboxylic acids is 1. The molecule has 0 saturated heterocycles. The van der Waals surface area contributed by atoms with Crippen molar-refractivity contribution in [2.45, 2.75) is 46.2 Å². The van der Waals surface area contributed by atoms with Crippen molar-refractivity contribution in [2.24, 2.45) is 0 Å². The molecule has 0 saturated carbocycles. The molecule has 0 radical (unpaired) electrons. The van der Waals surface area contributed by atoms with E-state index in [0.29, 0.717) is 43.9 Å². The monoisotopic (exact) mass is 415 g/mol. The number of hydrogen-bond donors (Lipinski definition) is 0. The normalized spacial score (nSPS) is 10.9. The fraction of sp³-hybridized carbons (Fsp3) is 0.500. The highest BCUT2D eigenvalue weighted by atomic mass is 35.5. The van der Waals surface area contributed by atoms with Crippen LogP contribution in [0.3, 0.4) is 0 Å². The minimum Gasteiger partial charge on any atom is -0.337 e. The molecule has 156 valence electrons. The zero-order valence-electron chi connectivity index (χ0n) is 17.8. The SMILES string of the molecule is Cc1nn(CCC#N)c(C)c1CCC(=O)N(CCN(C)C)Cc1ccc(Cl)cc1. The van der Waals surface area contributed by atoms with Gasteiger partial charge in [-0.15, -0.1) is 0 Å². The van der Waals surface area contributed by atoms with Crippen molar-refractivity contribution in [3.05, 3.63) is 51.8 Å². The maximum Gasteiger partial charge on any atom is 0.223 e. The van der Waals surface area contributed by atoms with E-state index in [2.05, 4.69) is 16.1 Å². The third kappa shape index (κ3) is 6.88. The molecule has 7 heteroatoms. The van der Waals surface area contributed by atoms with E-state index in [9.17, 15) is 4.79 Å². The number of aromatic nitrogens is 2. The molecule has 0 aliphatic rings. The molecule has 0 unspecified atom stereocenters. The van der Waals surface area contributed by atoms with Crippen molar-refractivity contribution in [3.63, 3.8) is 0 Å². The van der Waals surface area contributed by atoms with Crippen LogP contribution in [0.4, 0.5) is 0 Å². The predicted octanol–water partition coefficient (Wildman–Crippen LogP) is 3.59. The maximum absolute atomic E-state index is 13.0. The predicted molar refractivity (Wildman–Crippen MR) is 116 cm³/mol. The van der Waals surface area contributed by atoms with Crippen LogP contribution < -0.4 is 0 Å². The van der Waals surface area contributed by atoms with Crippen LogP contribution in [0.1, 0.15) is 35.4 Å². The fourth-order valence-corrected chi connectivity index (χ4v) is 3.41. The number of benzene rings is 1. The standard InChI is InChI=1S/C22H30ClN5O/c1-17-21(18(2)28(25-17)13-5-12-24)10-11-22(29)27(15-14-26(3)4)16-19-6-8-20(23)9-7-19/h6-9H,5,10-11,13-16H2,1-4H3. The number of aryl methyl sites for hydroxylation is 2. The molecule has 2 aromatic rings. The molecule has 1 aromatic carbocycles. The number of likely N-dealkylation sites (N-methyl/N-ethyl adjacent to an activating group) is 1. The van der Waals surface area contributed by atoms with Gasteiger partial charge in [0.2, 0.25) is 5.91 Å². The Kier molecular flexibility index (Phi) is 8.69. The molecule has 1 amide bonds. The van der Waals surface area contributed by atoms with Crippen molar-refractivity contribution >= 4 is 17.5 Å². The molecule has 0 fully saturated rings. The Hall–Kier alpha value is -2.36. The van der Waals surface area contributed by atoms with Gasteiger partial charge >= 0.3 is 0 Å². The summed E-state index contributed by atoms with van der Waals surface area (Å²) in [5.74, 6) is 0.130.